The molecule has 3 heteroatoms. The van der Waals surface area contributed by atoms with E-state index in [0.717, 1.165) is 5.82 Å². The molecular formula is C8H15N3. The zero-order valence-electron chi connectivity index (χ0n) is 7.09. The number of nitrogens with zero attached hydrogens (tertiary/aromatic N) is 1. The van der Waals surface area contributed by atoms with E-state index in [1.54, 1.807) is 12.5 Å². The Kier molecular flexibility index (Phi) is 2.95. The molecule has 2 N–H and O–H groups in total. The third kappa shape index (κ3) is 2.62. The molecule has 3 nitrogen and oxygen atoms in total. The molecule has 0 aromatic carbocycles. The monoisotopic (exact) mass is 153 g/mol. The molecular weight excluding hydrogens is 138 g/mol. The summed E-state index contributed by atoms with van der Waals surface area (Å²) in [5.74, 6) is 1.01. The molecule has 11 heavy (non-hydrogen) atoms. The van der Waals surface area contributed by atoms with Gasteiger partial charge in [0.1, 0.15) is 5.82 Å². The second-order valence-electron chi connectivity index (χ2n) is 2.80. The predicted molar refractivity (Wildman–Crippen MR) is 46.6 cm³/mol. The maximum Gasteiger partial charge on any atom is 0.123 e. The lowest BCUT2D eigenvalue weighted by atomic mass is 10.2. The highest BCUT2D eigenvalue weighted by atomic mass is 15.0. The number of nitrogens with one attached hydrogen (secondary N) is 2. The van der Waals surface area contributed by atoms with Gasteiger partial charge >= 0.3 is 0 Å². The van der Waals surface area contributed by atoms with Crippen LogP contribution in [0.2, 0.25) is 0 Å². The number of anilines is 1. The Morgan fingerprint density at radius 2 is 2.55 bits per heavy atom. The third-order valence-electron chi connectivity index (χ3n) is 1.62. The van der Waals surface area contributed by atoms with Crippen LogP contribution in [0.4, 0.5) is 5.82 Å². The van der Waals surface area contributed by atoms with E-state index in [1.165, 1.54) is 12.8 Å². The van der Waals surface area contributed by atoms with Crippen molar-refractivity contribution >= 4 is 5.82 Å². The van der Waals surface area contributed by atoms with Gasteiger partial charge in [-0.3, -0.25) is 0 Å². The van der Waals surface area contributed by atoms with Gasteiger partial charge in [-0.2, -0.15) is 0 Å². The van der Waals surface area contributed by atoms with E-state index in [4.69, 9.17) is 0 Å². The van der Waals surface area contributed by atoms with Crippen molar-refractivity contribution in [2.45, 2.75) is 32.7 Å². The molecule has 0 saturated carbocycles. The molecule has 1 rings (SSSR count). The second-order valence-corrected chi connectivity index (χ2v) is 2.80. The lowest BCUT2D eigenvalue weighted by Crippen LogP contribution is -2.14. The molecule has 0 saturated heterocycles. The Balaban J connectivity index is 2.31. The standard InChI is InChI=1S/C8H15N3/c1-3-4-7(2)11-8-5-9-6-10-8/h5-7,11H,3-4H2,1-2H3,(H,9,10). The minimum absolute atomic E-state index is 0.528. The second kappa shape index (κ2) is 4.01. The average Bonchev–Trinajstić information content (AvgIpc) is 2.40. The van der Waals surface area contributed by atoms with Gasteiger partial charge in [-0.1, -0.05) is 13.3 Å². The van der Waals surface area contributed by atoms with E-state index < -0.39 is 0 Å². The fraction of sp³-hybridized carbons (Fsp3) is 0.625. The summed E-state index contributed by atoms with van der Waals surface area (Å²) in [5, 5.41) is 3.30. The van der Waals surface area contributed by atoms with Gasteiger partial charge in [0.05, 0.1) is 12.5 Å². The molecule has 0 aliphatic carbocycles. The van der Waals surface area contributed by atoms with Crippen LogP contribution in [0.5, 0.6) is 0 Å². The van der Waals surface area contributed by atoms with Gasteiger partial charge in [0.15, 0.2) is 0 Å². The van der Waals surface area contributed by atoms with Crippen LogP contribution in [-0.2, 0) is 0 Å². The molecule has 0 bridgehead atoms. The number of imidazole rings is 1. The maximum absolute atomic E-state index is 3.92. The van der Waals surface area contributed by atoms with Crippen LogP contribution in [-0.4, -0.2) is 16.0 Å². The first kappa shape index (κ1) is 8.11. The number of hydrogen-bond donors (Lipinski definition) is 2. The molecule has 1 aromatic heterocycles. The first-order chi connectivity index (χ1) is 5.33. The highest BCUT2D eigenvalue weighted by molar-refractivity contribution is 5.31. The van der Waals surface area contributed by atoms with E-state index in [9.17, 15) is 0 Å². The van der Waals surface area contributed by atoms with E-state index in [1.807, 2.05) is 0 Å². The van der Waals surface area contributed by atoms with E-state index in [0.29, 0.717) is 6.04 Å². The zero-order chi connectivity index (χ0) is 8.10. The summed E-state index contributed by atoms with van der Waals surface area (Å²) in [6, 6.07) is 0.528. The molecule has 1 unspecified atom stereocenters. The SMILES string of the molecule is CCCC(C)Nc1cnc[nH]1. The van der Waals surface area contributed by atoms with Gasteiger partial charge in [0, 0.05) is 6.04 Å². The van der Waals surface area contributed by atoms with Crippen molar-refractivity contribution in [1.82, 2.24) is 9.97 Å². The van der Waals surface area contributed by atoms with Crippen LogP contribution in [0.15, 0.2) is 12.5 Å². The lowest BCUT2D eigenvalue weighted by molar-refractivity contribution is 0.688. The molecule has 1 heterocycles. The van der Waals surface area contributed by atoms with Crippen LogP contribution in [0, 0.1) is 0 Å². The van der Waals surface area contributed by atoms with Crippen molar-refractivity contribution in [3.63, 3.8) is 0 Å². The topological polar surface area (TPSA) is 40.7 Å². The largest absolute Gasteiger partial charge is 0.368 e. The van der Waals surface area contributed by atoms with Gasteiger partial charge in [-0.25, -0.2) is 4.98 Å². The third-order valence-corrected chi connectivity index (χ3v) is 1.62. The van der Waals surface area contributed by atoms with Gasteiger partial charge in [0.2, 0.25) is 0 Å². The molecule has 1 aromatic rings. The fourth-order valence-electron chi connectivity index (χ4n) is 1.11. The molecule has 62 valence electrons. The van der Waals surface area contributed by atoms with Crippen molar-refractivity contribution < 1.29 is 0 Å². The maximum atomic E-state index is 3.92. The summed E-state index contributed by atoms with van der Waals surface area (Å²) in [4.78, 5) is 6.92. The number of aromatic nitrogens is 2. The van der Waals surface area contributed by atoms with Crippen molar-refractivity contribution in [3.05, 3.63) is 12.5 Å². The predicted octanol–water partition coefficient (Wildman–Crippen LogP) is 2.01. The van der Waals surface area contributed by atoms with Crippen molar-refractivity contribution in [2.24, 2.45) is 0 Å². The molecule has 0 aliphatic rings. The summed E-state index contributed by atoms with van der Waals surface area (Å²) < 4.78 is 0. The molecule has 0 aliphatic heterocycles. The van der Waals surface area contributed by atoms with Crippen LogP contribution < -0.4 is 5.32 Å². The summed E-state index contributed by atoms with van der Waals surface area (Å²) in [5.41, 5.74) is 0. The number of H-pyrrole nitrogens is 1. The normalized spacial score (nSPS) is 12.9. The lowest BCUT2D eigenvalue weighted by Gasteiger charge is -2.11. The van der Waals surface area contributed by atoms with Crippen LogP contribution >= 0.6 is 0 Å². The Morgan fingerprint density at radius 3 is 3.09 bits per heavy atom. The molecule has 0 spiro atoms. The average molecular weight is 153 g/mol. The first-order valence-corrected chi connectivity index (χ1v) is 4.08. The van der Waals surface area contributed by atoms with Crippen LogP contribution in [0.3, 0.4) is 0 Å². The fourth-order valence-corrected chi connectivity index (χ4v) is 1.11. The van der Waals surface area contributed by atoms with Crippen molar-refractivity contribution in [3.8, 4) is 0 Å². The zero-order valence-corrected chi connectivity index (χ0v) is 7.09. The van der Waals surface area contributed by atoms with Crippen molar-refractivity contribution in [1.29, 1.82) is 0 Å². The Hall–Kier alpha value is -0.990. The quantitative estimate of drug-likeness (QED) is 0.694. The number of aromatic amines is 1. The van der Waals surface area contributed by atoms with Crippen molar-refractivity contribution in [2.75, 3.05) is 5.32 Å². The Labute approximate surface area is 67.2 Å². The van der Waals surface area contributed by atoms with E-state index >= 15 is 0 Å². The first-order valence-electron chi connectivity index (χ1n) is 4.08. The highest BCUT2D eigenvalue weighted by Crippen LogP contribution is 2.04. The summed E-state index contributed by atoms with van der Waals surface area (Å²) in [7, 11) is 0. The van der Waals surface area contributed by atoms with Gasteiger partial charge in [0.25, 0.3) is 0 Å². The number of hydrogen-bond acceptors (Lipinski definition) is 2. The summed E-state index contributed by atoms with van der Waals surface area (Å²) in [6.45, 7) is 4.36. The minimum atomic E-state index is 0.528. The summed E-state index contributed by atoms with van der Waals surface area (Å²) in [6.07, 6.45) is 5.88. The van der Waals surface area contributed by atoms with E-state index in [2.05, 4.69) is 29.1 Å². The molecule has 0 fully saturated rings. The summed E-state index contributed by atoms with van der Waals surface area (Å²) >= 11 is 0. The minimum Gasteiger partial charge on any atom is -0.368 e. The van der Waals surface area contributed by atoms with Gasteiger partial charge < -0.3 is 10.3 Å². The number of rotatable bonds is 4. The smallest absolute Gasteiger partial charge is 0.123 e. The van der Waals surface area contributed by atoms with E-state index in [-0.39, 0.29) is 0 Å². The Morgan fingerprint density at radius 1 is 1.73 bits per heavy atom. The van der Waals surface area contributed by atoms with Crippen LogP contribution in [0.1, 0.15) is 26.7 Å². The molecule has 0 radical (unpaired) electrons. The van der Waals surface area contributed by atoms with Crippen LogP contribution in [0.25, 0.3) is 0 Å². The van der Waals surface area contributed by atoms with Gasteiger partial charge in [-0.15, -0.1) is 0 Å². The Bertz CT molecular complexity index is 181. The molecule has 1 atom stereocenters. The molecule has 0 amide bonds. The van der Waals surface area contributed by atoms with Gasteiger partial charge in [-0.05, 0) is 13.3 Å². The highest BCUT2D eigenvalue weighted by Gasteiger charge is 1.99.